The van der Waals surface area contributed by atoms with Gasteiger partial charge in [0.25, 0.3) is 0 Å². The molecule has 2 rings (SSSR count). The molecule has 6 heteroatoms. The summed E-state index contributed by atoms with van der Waals surface area (Å²) in [7, 11) is 0. The summed E-state index contributed by atoms with van der Waals surface area (Å²) >= 11 is 1.30. The molecule has 0 radical (unpaired) electrons. The standard InChI is InChI=1S/C14H20N2O3S/c1-7-5-4-6-10(7)15-14(19)16-12-11(13(17)18)8(2)9(3)20-12/h7,10H,4-6H2,1-3H3,(H,17,18)(H2,15,16,19). The quantitative estimate of drug-likeness (QED) is 0.800. The number of rotatable bonds is 3. The average molecular weight is 296 g/mol. The number of carbonyl (C=O) groups excluding carboxylic acids is 1. The Labute approximate surface area is 122 Å². The highest BCUT2D eigenvalue weighted by molar-refractivity contribution is 7.16. The van der Waals surface area contributed by atoms with Crippen LogP contribution in [0.2, 0.25) is 0 Å². The van der Waals surface area contributed by atoms with Gasteiger partial charge in [0, 0.05) is 10.9 Å². The highest BCUT2D eigenvalue weighted by Crippen LogP contribution is 2.32. The molecular weight excluding hydrogens is 276 g/mol. The number of thiophene rings is 1. The van der Waals surface area contributed by atoms with Crippen LogP contribution in [0.4, 0.5) is 9.80 Å². The van der Waals surface area contributed by atoms with Gasteiger partial charge in [-0.05, 0) is 38.2 Å². The average Bonchev–Trinajstić information content (AvgIpc) is 2.85. The topological polar surface area (TPSA) is 78.4 Å². The van der Waals surface area contributed by atoms with Gasteiger partial charge in [-0.15, -0.1) is 11.3 Å². The lowest BCUT2D eigenvalue weighted by molar-refractivity contribution is 0.0697. The first-order chi connectivity index (χ1) is 9.40. The fraction of sp³-hybridized carbons (Fsp3) is 0.571. The molecule has 0 spiro atoms. The first-order valence-corrected chi connectivity index (χ1v) is 7.62. The highest BCUT2D eigenvalue weighted by atomic mass is 32.1. The number of hydrogen-bond donors (Lipinski definition) is 3. The lowest BCUT2D eigenvalue weighted by Crippen LogP contribution is -2.39. The molecule has 1 aromatic heterocycles. The third-order valence-electron chi connectivity index (χ3n) is 4.00. The van der Waals surface area contributed by atoms with Crippen molar-refractivity contribution >= 4 is 28.3 Å². The van der Waals surface area contributed by atoms with Gasteiger partial charge >= 0.3 is 12.0 Å². The number of aryl methyl sites for hydroxylation is 1. The van der Waals surface area contributed by atoms with Gasteiger partial charge in [0.05, 0.1) is 5.56 Å². The monoisotopic (exact) mass is 296 g/mol. The Morgan fingerprint density at radius 3 is 2.55 bits per heavy atom. The van der Waals surface area contributed by atoms with Crippen molar-refractivity contribution in [1.29, 1.82) is 0 Å². The van der Waals surface area contributed by atoms with E-state index >= 15 is 0 Å². The van der Waals surface area contributed by atoms with Gasteiger partial charge in [-0.2, -0.15) is 0 Å². The largest absolute Gasteiger partial charge is 0.478 e. The predicted octanol–water partition coefficient (Wildman–Crippen LogP) is 3.37. The first-order valence-electron chi connectivity index (χ1n) is 6.81. The predicted molar refractivity (Wildman–Crippen MR) is 79.7 cm³/mol. The zero-order valence-corrected chi connectivity index (χ0v) is 12.8. The molecule has 0 bridgehead atoms. The number of nitrogens with one attached hydrogen (secondary N) is 2. The van der Waals surface area contributed by atoms with Crippen LogP contribution < -0.4 is 10.6 Å². The number of anilines is 1. The number of carboxylic acid groups (broad SMARTS) is 1. The molecule has 5 nitrogen and oxygen atoms in total. The summed E-state index contributed by atoms with van der Waals surface area (Å²) < 4.78 is 0. The summed E-state index contributed by atoms with van der Waals surface area (Å²) in [5.41, 5.74) is 0.911. The first kappa shape index (κ1) is 14.8. The van der Waals surface area contributed by atoms with Crippen molar-refractivity contribution in [1.82, 2.24) is 5.32 Å². The van der Waals surface area contributed by atoms with Crippen molar-refractivity contribution in [3.8, 4) is 0 Å². The SMILES string of the molecule is Cc1sc(NC(=O)NC2CCCC2C)c(C(=O)O)c1C. The molecule has 2 atom stereocenters. The van der Waals surface area contributed by atoms with E-state index in [0.717, 1.165) is 24.1 Å². The van der Waals surface area contributed by atoms with Gasteiger partial charge < -0.3 is 10.4 Å². The Morgan fingerprint density at radius 1 is 1.30 bits per heavy atom. The molecule has 0 aliphatic heterocycles. The smallest absolute Gasteiger partial charge is 0.338 e. The molecule has 1 aromatic rings. The van der Waals surface area contributed by atoms with Crippen molar-refractivity contribution in [3.63, 3.8) is 0 Å². The maximum atomic E-state index is 12.0. The maximum Gasteiger partial charge on any atom is 0.338 e. The van der Waals surface area contributed by atoms with Crippen LogP contribution in [-0.2, 0) is 0 Å². The van der Waals surface area contributed by atoms with Crippen LogP contribution in [0, 0.1) is 19.8 Å². The van der Waals surface area contributed by atoms with Crippen molar-refractivity contribution in [2.24, 2.45) is 5.92 Å². The van der Waals surface area contributed by atoms with Crippen LogP contribution in [0.25, 0.3) is 0 Å². The van der Waals surface area contributed by atoms with E-state index < -0.39 is 5.97 Å². The van der Waals surface area contributed by atoms with E-state index in [1.165, 1.54) is 11.3 Å². The molecule has 1 heterocycles. The van der Waals surface area contributed by atoms with Crippen LogP contribution in [0.1, 0.15) is 47.0 Å². The fourth-order valence-electron chi connectivity index (χ4n) is 2.64. The second kappa shape index (κ2) is 5.83. The molecule has 1 saturated carbocycles. The lowest BCUT2D eigenvalue weighted by Gasteiger charge is -2.17. The van der Waals surface area contributed by atoms with E-state index in [2.05, 4.69) is 17.6 Å². The van der Waals surface area contributed by atoms with Crippen LogP contribution in [0.5, 0.6) is 0 Å². The van der Waals surface area contributed by atoms with Gasteiger partial charge in [0.2, 0.25) is 0 Å². The second-order valence-electron chi connectivity index (χ2n) is 5.41. The Balaban J connectivity index is 2.08. The summed E-state index contributed by atoms with van der Waals surface area (Å²) in [5, 5.41) is 15.3. The van der Waals surface area contributed by atoms with Gasteiger partial charge in [0.1, 0.15) is 5.00 Å². The van der Waals surface area contributed by atoms with Gasteiger partial charge in [0.15, 0.2) is 0 Å². The molecule has 0 aromatic carbocycles. The zero-order valence-electron chi connectivity index (χ0n) is 11.9. The number of hydrogen-bond acceptors (Lipinski definition) is 3. The summed E-state index contributed by atoms with van der Waals surface area (Å²) in [4.78, 5) is 24.2. The Hall–Kier alpha value is -1.56. The van der Waals surface area contributed by atoms with E-state index in [1.54, 1.807) is 6.92 Å². The summed E-state index contributed by atoms with van der Waals surface area (Å²) in [6, 6.07) is -0.127. The minimum absolute atomic E-state index is 0.186. The molecular formula is C14H20N2O3S. The lowest BCUT2D eigenvalue weighted by atomic mass is 10.1. The Morgan fingerprint density at radius 2 is 2.00 bits per heavy atom. The molecule has 1 fully saturated rings. The highest BCUT2D eigenvalue weighted by Gasteiger charge is 2.26. The van der Waals surface area contributed by atoms with E-state index in [1.807, 2.05) is 6.92 Å². The van der Waals surface area contributed by atoms with Crippen molar-refractivity contribution in [2.75, 3.05) is 5.32 Å². The summed E-state index contributed by atoms with van der Waals surface area (Å²) in [6.45, 7) is 5.74. The Kier molecular flexibility index (Phi) is 4.32. The van der Waals surface area contributed by atoms with Crippen LogP contribution >= 0.6 is 11.3 Å². The number of amides is 2. The fourth-order valence-corrected chi connectivity index (χ4v) is 3.69. The molecule has 1 aliphatic carbocycles. The number of carboxylic acids is 1. The Bertz CT molecular complexity index is 539. The molecule has 1 aliphatic rings. The molecule has 20 heavy (non-hydrogen) atoms. The zero-order chi connectivity index (χ0) is 14.9. The minimum Gasteiger partial charge on any atom is -0.478 e. The molecule has 2 unspecified atom stereocenters. The van der Waals surface area contributed by atoms with Gasteiger partial charge in [-0.1, -0.05) is 13.3 Å². The number of carbonyl (C=O) groups is 2. The molecule has 2 amide bonds. The minimum atomic E-state index is -1.00. The maximum absolute atomic E-state index is 12.0. The van der Waals surface area contributed by atoms with Crippen LogP contribution in [-0.4, -0.2) is 23.1 Å². The third kappa shape index (κ3) is 2.95. The number of aromatic carboxylic acids is 1. The van der Waals surface area contributed by atoms with Gasteiger partial charge in [-0.3, -0.25) is 5.32 Å². The van der Waals surface area contributed by atoms with Crippen molar-refractivity contribution in [3.05, 3.63) is 16.0 Å². The van der Waals surface area contributed by atoms with E-state index in [0.29, 0.717) is 16.5 Å². The summed E-state index contributed by atoms with van der Waals surface area (Å²) in [6.07, 6.45) is 3.25. The van der Waals surface area contributed by atoms with Crippen molar-refractivity contribution in [2.45, 2.75) is 46.1 Å². The number of urea groups is 1. The normalized spacial score (nSPS) is 21.8. The van der Waals surface area contributed by atoms with Crippen molar-refractivity contribution < 1.29 is 14.7 Å². The van der Waals surface area contributed by atoms with E-state index in [4.69, 9.17) is 0 Å². The van der Waals surface area contributed by atoms with Crippen LogP contribution in [0.3, 0.4) is 0 Å². The molecule has 0 saturated heterocycles. The van der Waals surface area contributed by atoms with Crippen LogP contribution in [0.15, 0.2) is 0 Å². The van der Waals surface area contributed by atoms with Gasteiger partial charge in [-0.25, -0.2) is 9.59 Å². The molecule has 110 valence electrons. The van der Waals surface area contributed by atoms with E-state index in [-0.39, 0.29) is 17.6 Å². The van der Waals surface area contributed by atoms with E-state index in [9.17, 15) is 14.7 Å². The third-order valence-corrected chi connectivity index (χ3v) is 5.13. The summed E-state index contributed by atoms with van der Waals surface area (Å²) in [5.74, 6) is -0.525. The second-order valence-corrected chi connectivity index (χ2v) is 6.63. The molecule has 3 N–H and O–H groups in total.